The fraction of sp³-hybridized carbons (Fsp3) is 0.538. The number of hydrogen-bond donors (Lipinski definition) is 2. The molecule has 0 aromatic heterocycles. The minimum Gasteiger partial charge on any atom is -0.507 e. The zero-order valence-electron chi connectivity index (χ0n) is 37.6. The number of fused-ring (bicyclic) bond motifs is 8. The Morgan fingerprint density at radius 1 is 0.397 bits per heavy atom. The molecule has 0 heterocycles. The van der Waals surface area contributed by atoms with Gasteiger partial charge in [0.05, 0.1) is 13.2 Å². The number of ether oxygens (including phenoxy) is 2. The van der Waals surface area contributed by atoms with Crippen molar-refractivity contribution in [1.82, 2.24) is 0 Å². The summed E-state index contributed by atoms with van der Waals surface area (Å²) in [5.41, 5.74) is 12.0. The Balaban J connectivity index is 1.91. The van der Waals surface area contributed by atoms with Crippen LogP contribution >= 0.6 is 31.9 Å². The molecule has 8 bridgehead atoms. The molecule has 0 radical (unpaired) electrons. The lowest BCUT2D eigenvalue weighted by molar-refractivity contribution is 0.304. The van der Waals surface area contributed by atoms with Gasteiger partial charge in [-0.2, -0.15) is 0 Å². The molecule has 0 saturated heterocycles. The number of hydrogen-bond acceptors (Lipinski definition) is 4. The van der Waals surface area contributed by atoms with Gasteiger partial charge >= 0.3 is 0 Å². The molecule has 0 amide bonds. The van der Waals surface area contributed by atoms with Gasteiger partial charge in [0.25, 0.3) is 0 Å². The highest BCUT2D eigenvalue weighted by molar-refractivity contribution is 9.09. The molecule has 5 rings (SSSR count). The van der Waals surface area contributed by atoms with Crippen LogP contribution in [0.4, 0.5) is 0 Å². The summed E-state index contributed by atoms with van der Waals surface area (Å²) in [5, 5.41) is 26.8. The van der Waals surface area contributed by atoms with Crippen molar-refractivity contribution in [2.75, 3.05) is 23.9 Å². The largest absolute Gasteiger partial charge is 0.507 e. The third kappa shape index (κ3) is 11.2. The fourth-order valence-corrected chi connectivity index (χ4v) is 8.55. The van der Waals surface area contributed by atoms with Crippen molar-refractivity contribution >= 4 is 31.9 Å². The van der Waals surface area contributed by atoms with E-state index < -0.39 is 0 Å². The lowest BCUT2D eigenvalue weighted by atomic mass is 9.79. The van der Waals surface area contributed by atoms with Gasteiger partial charge in [-0.25, -0.2) is 0 Å². The van der Waals surface area contributed by atoms with E-state index in [9.17, 15) is 10.2 Å². The number of alkyl halides is 2. The van der Waals surface area contributed by atoms with Gasteiger partial charge in [-0.1, -0.05) is 163 Å². The van der Waals surface area contributed by atoms with E-state index in [1.165, 1.54) is 22.3 Å². The molecule has 4 aromatic carbocycles. The first-order valence-corrected chi connectivity index (χ1v) is 23.7. The Morgan fingerprint density at radius 3 is 0.828 bits per heavy atom. The summed E-state index contributed by atoms with van der Waals surface area (Å²) in [5.74, 6) is 2.38. The molecular formula is C52H70Br2O4. The van der Waals surface area contributed by atoms with E-state index in [1.54, 1.807) is 0 Å². The Morgan fingerprint density at radius 2 is 0.621 bits per heavy atom. The van der Waals surface area contributed by atoms with E-state index in [0.29, 0.717) is 50.4 Å². The molecule has 4 nitrogen and oxygen atoms in total. The topological polar surface area (TPSA) is 58.9 Å². The first kappa shape index (κ1) is 46.1. The molecular weight excluding hydrogens is 848 g/mol. The van der Waals surface area contributed by atoms with Gasteiger partial charge in [-0.05, 0) is 114 Å². The molecule has 1 aliphatic carbocycles. The Kier molecular flexibility index (Phi) is 14.6. The highest BCUT2D eigenvalue weighted by Gasteiger charge is 2.28. The van der Waals surface area contributed by atoms with E-state index in [-0.39, 0.29) is 21.7 Å². The van der Waals surface area contributed by atoms with Gasteiger partial charge in [-0.15, -0.1) is 0 Å². The highest BCUT2D eigenvalue weighted by atomic mass is 79.9. The fourth-order valence-electron chi connectivity index (χ4n) is 7.76. The Labute approximate surface area is 367 Å². The summed E-state index contributed by atoms with van der Waals surface area (Å²) < 4.78 is 13.7. The van der Waals surface area contributed by atoms with Gasteiger partial charge in [0.2, 0.25) is 0 Å². The van der Waals surface area contributed by atoms with Crippen molar-refractivity contribution < 1.29 is 19.7 Å². The molecule has 1 aliphatic rings. The van der Waals surface area contributed by atoms with E-state index >= 15 is 0 Å². The number of halogens is 2. The molecule has 0 unspecified atom stereocenters. The highest BCUT2D eigenvalue weighted by Crippen LogP contribution is 2.44. The summed E-state index contributed by atoms with van der Waals surface area (Å²) in [7, 11) is 0. The smallest absolute Gasteiger partial charge is 0.126 e. The maximum Gasteiger partial charge on any atom is 0.126 e. The van der Waals surface area contributed by atoms with Gasteiger partial charge in [0.1, 0.15) is 23.0 Å². The van der Waals surface area contributed by atoms with E-state index in [2.05, 4.69) is 163 Å². The van der Waals surface area contributed by atoms with Crippen LogP contribution in [0.15, 0.2) is 48.5 Å². The molecule has 0 saturated carbocycles. The number of unbranched alkanes of at least 4 members (excludes halogenated alkanes) is 2. The Bertz CT molecular complexity index is 1820. The SMILES string of the molecule is CC(C)(C)c1cc2c(O)c(c1)Cc1cc(C(C)(C)C)cc(c1OCCCCBr)Cc1cc(C(C)(C)C)cc(c1O)Cc1cc(C(C)(C)C)cc(c1OCCCCBr)C2. The van der Waals surface area contributed by atoms with Crippen LogP contribution in [0, 0.1) is 0 Å². The van der Waals surface area contributed by atoms with Crippen LogP contribution in [0.1, 0.15) is 176 Å². The number of phenolic OH excluding ortho intramolecular Hbond substituents is 2. The number of benzene rings is 4. The van der Waals surface area contributed by atoms with Gasteiger partial charge < -0.3 is 19.7 Å². The van der Waals surface area contributed by atoms with Crippen molar-refractivity contribution in [2.24, 2.45) is 0 Å². The summed E-state index contributed by atoms with van der Waals surface area (Å²) in [4.78, 5) is 0. The van der Waals surface area contributed by atoms with Gasteiger partial charge in [0, 0.05) is 36.3 Å². The lowest BCUT2D eigenvalue weighted by Crippen LogP contribution is -2.17. The third-order valence-corrected chi connectivity index (χ3v) is 12.7. The molecule has 58 heavy (non-hydrogen) atoms. The second-order valence-electron chi connectivity index (χ2n) is 20.7. The van der Waals surface area contributed by atoms with Crippen LogP contribution < -0.4 is 9.47 Å². The van der Waals surface area contributed by atoms with Crippen LogP contribution in [0.3, 0.4) is 0 Å². The number of aromatic hydroxyl groups is 2. The van der Waals surface area contributed by atoms with Crippen LogP contribution in [0.25, 0.3) is 0 Å². The van der Waals surface area contributed by atoms with Crippen LogP contribution in [0.5, 0.6) is 23.0 Å². The zero-order chi connectivity index (χ0) is 42.8. The van der Waals surface area contributed by atoms with Crippen molar-refractivity contribution in [3.8, 4) is 23.0 Å². The Hall–Kier alpha value is -2.96. The average Bonchev–Trinajstić information content (AvgIpc) is 3.11. The number of phenols is 2. The first-order chi connectivity index (χ1) is 27.0. The van der Waals surface area contributed by atoms with Crippen molar-refractivity contribution in [2.45, 2.75) is 156 Å². The lowest BCUT2D eigenvalue weighted by Gasteiger charge is -2.28. The van der Waals surface area contributed by atoms with Crippen molar-refractivity contribution in [3.05, 3.63) is 115 Å². The quantitative estimate of drug-likeness (QED) is 0.108. The summed E-state index contributed by atoms with van der Waals surface area (Å²) in [6, 6.07) is 18.0. The maximum absolute atomic E-state index is 12.5. The minimum absolute atomic E-state index is 0.141. The molecule has 4 aromatic rings. The summed E-state index contributed by atoms with van der Waals surface area (Å²) in [6.45, 7) is 28.2. The van der Waals surface area contributed by atoms with Crippen LogP contribution in [0.2, 0.25) is 0 Å². The maximum atomic E-state index is 12.5. The average molecular weight is 919 g/mol. The normalized spacial score (nSPS) is 13.8. The standard InChI is InChI=1S/C52H70Br2O4/c1-49(2,3)41-25-33-21-37-29-43(51(7,8)9)31-39(47(37)57-19-15-13-17-53)23-35-27-42(50(4,5)6)28-36(46(35)56)24-40-32-44(52(10,11)12)30-38(22-34(26-41)45(33)55)48(40)58-20-16-14-18-54/h25-32,55-56H,13-24H2,1-12H3. The van der Waals surface area contributed by atoms with Crippen LogP contribution in [-0.2, 0) is 47.3 Å². The molecule has 316 valence electrons. The van der Waals surface area contributed by atoms with Crippen molar-refractivity contribution in [3.63, 3.8) is 0 Å². The zero-order valence-corrected chi connectivity index (χ0v) is 40.7. The summed E-state index contributed by atoms with van der Waals surface area (Å²) >= 11 is 7.21. The predicted molar refractivity (Wildman–Crippen MR) is 252 cm³/mol. The van der Waals surface area contributed by atoms with Gasteiger partial charge in [0.15, 0.2) is 0 Å². The van der Waals surface area contributed by atoms with Crippen LogP contribution in [-0.4, -0.2) is 34.1 Å². The molecule has 0 fully saturated rings. The molecule has 0 aliphatic heterocycles. The molecule has 6 heteroatoms. The first-order valence-electron chi connectivity index (χ1n) is 21.4. The van der Waals surface area contributed by atoms with E-state index in [4.69, 9.17) is 9.47 Å². The van der Waals surface area contributed by atoms with Crippen molar-refractivity contribution in [1.29, 1.82) is 0 Å². The molecule has 0 atom stereocenters. The predicted octanol–water partition coefficient (Wildman–Crippen LogP) is 14.1. The monoisotopic (exact) mass is 916 g/mol. The van der Waals surface area contributed by atoms with E-state index in [1.807, 2.05) is 0 Å². The third-order valence-electron chi connectivity index (χ3n) is 11.6. The molecule has 2 N–H and O–H groups in total. The second kappa shape index (κ2) is 18.3. The minimum atomic E-state index is -0.149. The second-order valence-corrected chi connectivity index (χ2v) is 22.3. The van der Waals surface area contributed by atoms with Gasteiger partial charge in [-0.3, -0.25) is 0 Å². The number of rotatable bonds is 10. The summed E-state index contributed by atoms with van der Waals surface area (Å²) in [6.07, 6.45) is 5.91. The van der Waals surface area contributed by atoms with E-state index in [0.717, 1.165) is 92.4 Å². The molecule has 0 spiro atoms.